The zero-order chi connectivity index (χ0) is 19.8. The van der Waals surface area contributed by atoms with Gasteiger partial charge in [-0.2, -0.15) is 4.31 Å². The van der Waals surface area contributed by atoms with Gasteiger partial charge in [-0.3, -0.25) is 4.79 Å². The van der Waals surface area contributed by atoms with Crippen molar-refractivity contribution in [2.75, 3.05) is 18.4 Å². The van der Waals surface area contributed by atoms with E-state index in [1.807, 2.05) is 0 Å². The number of piperidine rings is 1. The number of benzene rings is 1. The van der Waals surface area contributed by atoms with Gasteiger partial charge in [-0.1, -0.05) is 28.4 Å². The number of amides is 1. The second-order valence-corrected chi connectivity index (χ2v) is 9.16. The standard InChI is InChI=1S/C17H19Cl2N3O4S/c1-10-16(11(2)26-21-10)27(24,25)22-7-3-4-12(9-22)17(23)20-13-5-6-14(18)15(19)8-13/h5-6,8,12H,3-4,7,9H2,1-2H3,(H,20,23)/t12-/m0/s1. The van der Waals surface area contributed by atoms with Gasteiger partial charge in [0.15, 0.2) is 5.76 Å². The summed E-state index contributed by atoms with van der Waals surface area (Å²) in [6.07, 6.45) is 1.18. The molecule has 0 spiro atoms. The molecule has 0 radical (unpaired) electrons. The molecule has 1 aliphatic rings. The van der Waals surface area contributed by atoms with Crippen LogP contribution in [0.2, 0.25) is 10.0 Å². The maximum Gasteiger partial charge on any atom is 0.248 e. The number of aromatic nitrogens is 1. The highest BCUT2D eigenvalue weighted by molar-refractivity contribution is 7.89. The fourth-order valence-corrected chi connectivity index (χ4v) is 5.28. The van der Waals surface area contributed by atoms with Crippen LogP contribution >= 0.6 is 23.2 Å². The monoisotopic (exact) mass is 431 g/mol. The minimum absolute atomic E-state index is 0.0769. The van der Waals surface area contributed by atoms with Crippen molar-refractivity contribution in [3.05, 3.63) is 39.7 Å². The topological polar surface area (TPSA) is 92.5 Å². The van der Waals surface area contributed by atoms with Crippen molar-refractivity contribution in [2.24, 2.45) is 5.92 Å². The summed E-state index contributed by atoms with van der Waals surface area (Å²) in [7, 11) is -3.77. The minimum Gasteiger partial charge on any atom is -0.360 e. The Bertz CT molecular complexity index is 955. The van der Waals surface area contributed by atoms with E-state index in [1.165, 1.54) is 4.31 Å². The lowest BCUT2D eigenvalue weighted by atomic mass is 9.99. The van der Waals surface area contributed by atoms with E-state index in [9.17, 15) is 13.2 Å². The molecule has 1 amide bonds. The molecule has 0 saturated carbocycles. The molecule has 1 aliphatic heterocycles. The molecule has 1 saturated heterocycles. The lowest BCUT2D eigenvalue weighted by Crippen LogP contribution is -2.43. The number of nitrogens with one attached hydrogen (secondary N) is 1. The number of carbonyl (C=O) groups is 1. The largest absolute Gasteiger partial charge is 0.360 e. The molecule has 1 N–H and O–H groups in total. The number of rotatable bonds is 4. The zero-order valence-electron chi connectivity index (χ0n) is 14.8. The first kappa shape index (κ1) is 20.1. The maximum absolute atomic E-state index is 13.0. The van der Waals surface area contributed by atoms with Crippen LogP contribution in [0.4, 0.5) is 5.69 Å². The Hall–Kier alpha value is -1.61. The average molecular weight is 432 g/mol. The van der Waals surface area contributed by atoms with Crippen LogP contribution in [0.25, 0.3) is 0 Å². The maximum atomic E-state index is 13.0. The summed E-state index contributed by atoms with van der Waals surface area (Å²) in [5, 5.41) is 7.22. The summed E-state index contributed by atoms with van der Waals surface area (Å²) in [6.45, 7) is 3.59. The van der Waals surface area contributed by atoms with E-state index in [0.29, 0.717) is 40.8 Å². The van der Waals surface area contributed by atoms with E-state index < -0.39 is 15.9 Å². The van der Waals surface area contributed by atoms with Crippen LogP contribution in [-0.4, -0.2) is 36.9 Å². The van der Waals surface area contributed by atoms with E-state index in [2.05, 4.69) is 10.5 Å². The molecule has 1 aromatic carbocycles. The fraction of sp³-hybridized carbons (Fsp3) is 0.412. The van der Waals surface area contributed by atoms with Crippen LogP contribution in [0.15, 0.2) is 27.6 Å². The first-order valence-electron chi connectivity index (χ1n) is 8.39. The number of hydrogen-bond acceptors (Lipinski definition) is 5. The summed E-state index contributed by atoms with van der Waals surface area (Å²) >= 11 is 11.8. The lowest BCUT2D eigenvalue weighted by Gasteiger charge is -2.31. The Kier molecular flexibility index (Phi) is 5.81. The van der Waals surface area contributed by atoms with Crippen molar-refractivity contribution >= 4 is 44.8 Å². The van der Waals surface area contributed by atoms with Gasteiger partial charge in [0, 0.05) is 18.8 Å². The average Bonchev–Trinajstić information content (AvgIpc) is 2.97. The Morgan fingerprint density at radius 1 is 1.30 bits per heavy atom. The third-order valence-electron chi connectivity index (χ3n) is 4.51. The van der Waals surface area contributed by atoms with Gasteiger partial charge >= 0.3 is 0 Å². The van der Waals surface area contributed by atoms with Crippen molar-refractivity contribution in [2.45, 2.75) is 31.6 Å². The number of aryl methyl sites for hydroxylation is 2. The predicted molar refractivity (Wildman–Crippen MR) is 103 cm³/mol. The summed E-state index contributed by atoms with van der Waals surface area (Å²) in [6, 6.07) is 4.80. The molecule has 0 bridgehead atoms. The van der Waals surface area contributed by atoms with Gasteiger partial charge in [0.2, 0.25) is 15.9 Å². The van der Waals surface area contributed by atoms with Crippen LogP contribution in [0.1, 0.15) is 24.3 Å². The van der Waals surface area contributed by atoms with Crippen molar-refractivity contribution < 1.29 is 17.7 Å². The van der Waals surface area contributed by atoms with Gasteiger partial charge in [0.1, 0.15) is 10.6 Å². The second kappa shape index (κ2) is 7.79. The molecule has 0 aliphatic carbocycles. The molecule has 3 rings (SSSR count). The van der Waals surface area contributed by atoms with Crippen LogP contribution in [0.5, 0.6) is 0 Å². The van der Waals surface area contributed by atoms with E-state index >= 15 is 0 Å². The highest BCUT2D eigenvalue weighted by Crippen LogP contribution is 2.29. The molecular weight excluding hydrogens is 413 g/mol. The summed E-state index contributed by atoms with van der Waals surface area (Å²) in [5.41, 5.74) is 0.829. The molecule has 7 nitrogen and oxygen atoms in total. The van der Waals surface area contributed by atoms with Crippen LogP contribution in [-0.2, 0) is 14.8 Å². The number of hydrogen-bond donors (Lipinski definition) is 1. The zero-order valence-corrected chi connectivity index (χ0v) is 17.2. The molecular formula is C17H19Cl2N3O4S. The number of anilines is 1. The third-order valence-corrected chi connectivity index (χ3v) is 7.36. The highest BCUT2D eigenvalue weighted by atomic mass is 35.5. The molecule has 0 unspecified atom stereocenters. The first-order chi connectivity index (χ1) is 12.7. The van der Waals surface area contributed by atoms with Gasteiger partial charge < -0.3 is 9.84 Å². The molecule has 2 heterocycles. The van der Waals surface area contributed by atoms with Crippen LogP contribution in [0, 0.1) is 19.8 Å². The van der Waals surface area contributed by atoms with Gasteiger partial charge in [0.05, 0.1) is 16.0 Å². The van der Waals surface area contributed by atoms with Gasteiger partial charge in [-0.05, 0) is 44.9 Å². The number of sulfonamides is 1. The first-order valence-corrected chi connectivity index (χ1v) is 10.6. The van der Waals surface area contributed by atoms with Gasteiger partial charge in [-0.25, -0.2) is 8.42 Å². The number of halogens is 2. The molecule has 1 aromatic heterocycles. The summed E-state index contributed by atoms with van der Waals surface area (Å²) < 4.78 is 32.2. The van der Waals surface area contributed by atoms with E-state index in [1.54, 1.807) is 32.0 Å². The SMILES string of the molecule is Cc1noc(C)c1S(=O)(=O)N1CCC[C@H](C(=O)Nc2ccc(Cl)c(Cl)c2)C1. The summed E-state index contributed by atoms with van der Waals surface area (Å²) in [5.74, 6) is -0.481. The molecule has 1 atom stereocenters. The quantitative estimate of drug-likeness (QED) is 0.797. The number of carbonyl (C=O) groups excluding carboxylic acids is 1. The second-order valence-electron chi connectivity index (χ2n) is 6.47. The van der Waals surface area contributed by atoms with Gasteiger partial charge in [0.25, 0.3) is 0 Å². The molecule has 1 fully saturated rings. The highest BCUT2D eigenvalue weighted by Gasteiger charge is 2.36. The van der Waals surface area contributed by atoms with Crippen molar-refractivity contribution in [3.63, 3.8) is 0 Å². The van der Waals surface area contributed by atoms with Crippen molar-refractivity contribution in [1.82, 2.24) is 9.46 Å². The van der Waals surface area contributed by atoms with Gasteiger partial charge in [-0.15, -0.1) is 0 Å². The van der Waals surface area contributed by atoms with Crippen molar-refractivity contribution in [3.8, 4) is 0 Å². The Morgan fingerprint density at radius 2 is 2.04 bits per heavy atom. The van der Waals surface area contributed by atoms with Crippen LogP contribution < -0.4 is 5.32 Å². The fourth-order valence-electron chi connectivity index (χ4n) is 3.16. The Morgan fingerprint density at radius 3 is 2.67 bits per heavy atom. The summed E-state index contributed by atoms with van der Waals surface area (Å²) in [4.78, 5) is 12.7. The molecule has 2 aromatic rings. The molecule has 146 valence electrons. The van der Waals surface area contributed by atoms with Crippen LogP contribution in [0.3, 0.4) is 0 Å². The normalized spacial score (nSPS) is 18.4. The van der Waals surface area contributed by atoms with E-state index in [0.717, 1.165) is 0 Å². The molecule has 10 heteroatoms. The van der Waals surface area contributed by atoms with Crippen molar-refractivity contribution in [1.29, 1.82) is 0 Å². The third kappa shape index (κ3) is 4.13. The predicted octanol–water partition coefficient (Wildman–Crippen LogP) is 3.64. The Balaban J connectivity index is 1.75. The smallest absolute Gasteiger partial charge is 0.248 e. The number of nitrogens with zero attached hydrogens (tertiary/aromatic N) is 2. The Labute approximate surface area is 167 Å². The lowest BCUT2D eigenvalue weighted by molar-refractivity contribution is -0.120. The molecule has 27 heavy (non-hydrogen) atoms. The minimum atomic E-state index is -3.77. The van der Waals surface area contributed by atoms with E-state index in [-0.39, 0.29) is 23.1 Å². The van der Waals surface area contributed by atoms with E-state index in [4.69, 9.17) is 27.7 Å².